The molecule has 1 aromatic rings. The molecule has 27 heavy (non-hydrogen) atoms. The fraction of sp³-hybridized carbons (Fsp3) is 0.545. The first-order valence-electron chi connectivity index (χ1n) is 9.77. The Bertz CT molecular complexity index is 604. The topological polar surface area (TPSA) is 49.9 Å². The van der Waals surface area contributed by atoms with Gasteiger partial charge in [-0.3, -0.25) is 9.59 Å². The van der Waals surface area contributed by atoms with Crippen LogP contribution in [0.25, 0.3) is 6.08 Å². The molecule has 1 rings (SSSR count). The summed E-state index contributed by atoms with van der Waals surface area (Å²) in [6.07, 6.45) is 3.62. The second-order valence-electron chi connectivity index (χ2n) is 6.83. The van der Waals surface area contributed by atoms with Crippen LogP contribution in [0.3, 0.4) is 0 Å². The molecule has 0 N–H and O–H groups in total. The summed E-state index contributed by atoms with van der Waals surface area (Å²) in [5, 5.41) is 0. The molecule has 0 fully saturated rings. The predicted molar refractivity (Wildman–Crippen MR) is 111 cm³/mol. The lowest BCUT2D eigenvalue weighted by molar-refractivity contribution is -0.141. The Morgan fingerprint density at radius 1 is 1.04 bits per heavy atom. The number of ether oxygens (including phenoxy) is 1. The maximum atomic E-state index is 12.7. The Morgan fingerprint density at radius 2 is 1.67 bits per heavy atom. The average molecular weight is 375 g/mol. The van der Waals surface area contributed by atoms with E-state index in [4.69, 9.17) is 4.74 Å². The van der Waals surface area contributed by atoms with Crippen molar-refractivity contribution < 1.29 is 14.3 Å². The van der Waals surface area contributed by atoms with Crippen molar-refractivity contribution in [2.75, 3.05) is 39.8 Å². The molecule has 0 atom stereocenters. The minimum absolute atomic E-state index is 0.0843. The highest BCUT2D eigenvalue weighted by Crippen LogP contribution is 2.15. The molecule has 0 aliphatic heterocycles. The number of likely N-dealkylation sites (N-methyl/N-ethyl adjacent to an activating group) is 1. The highest BCUT2D eigenvalue weighted by Gasteiger charge is 2.14. The van der Waals surface area contributed by atoms with Gasteiger partial charge >= 0.3 is 5.97 Å². The van der Waals surface area contributed by atoms with Gasteiger partial charge in [-0.1, -0.05) is 52.0 Å². The molecule has 150 valence electrons. The van der Waals surface area contributed by atoms with Gasteiger partial charge in [-0.25, -0.2) is 0 Å². The lowest BCUT2D eigenvalue weighted by Gasteiger charge is -2.25. The predicted octanol–water partition coefficient (Wildman–Crippen LogP) is 3.56. The summed E-state index contributed by atoms with van der Waals surface area (Å²) < 4.78 is 4.70. The molecule has 0 bridgehead atoms. The summed E-state index contributed by atoms with van der Waals surface area (Å²) in [4.78, 5) is 28.1. The molecule has 1 aromatic carbocycles. The van der Waals surface area contributed by atoms with Crippen LogP contribution in [0.15, 0.2) is 30.3 Å². The van der Waals surface area contributed by atoms with Crippen LogP contribution in [0.2, 0.25) is 0 Å². The summed E-state index contributed by atoms with van der Waals surface area (Å²) in [5.74, 6) is 0.0986. The summed E-state index contributed by atoms with van der Waals surface area (Å²) in [5.41, 5.74) is 2.27. The van der Waals surface area contributed by atoms with Crippen molar-refractivity contribution in [3.63, 3.8) is 0 Å². The van der Waals surface area contributed by atoms with E-state index in [1.54, 1.807) is 11.0 Å². The van der Waals surface area contributed by atoms with Gasteiger partial charge in [-0.15, -0.1) is 0 Å². The molecule has 1 amide bonds. The highest BCUT2D eigenvalue weighted by atomic mass is 16.5. The standard InChI is InChI=1S/C22H34N2O3/c1-6-23(7-2)16-17-24(15-14-22(26)27-5)21(25)13-10-19-8-11-20(12-9-19)18(3)4/h8-13,18H,6-7,14-17H2,1-5H3/b13-10+. The molecule has 0 aliphatic rings. The zero-order valence-corrected chi connectivity index (χ0v) is 17.4. The van der Waals surface area contributed by atoms with Gasteiger partial charge in [0.25, 0.3) is 0 Å². The van der Waals surface area contributed by atoms with E-state index in [1.807, 2.05) is 18.2 Å². The monoisotopic (exact) mass is 374 g/mol. The van der Waals surface area contributed by atoms with Gasteiger partial charge in [0, 0.05) is 25.7 Å². The van der Waals surface area contributed by atoms with E-state index in [1.165, 1.54) is 12.7 Å². The SMILES string of the molecule is CCN(CC)CCN(CCC(=O)OC)C(=O)/C=C/c1ccc(C(C)C)cc1. The first kappa shape index (κ1) is 22.9. The summed E-state index contributed by atoms with van der Waals surface area (Å²) >= 11 is 0. The lowest BCUT2D eigenvalue weighted by Crippen LogP contribution is -2.39. The van der Waals surface area contributed by atoms with Crippen molar-refractivity contribution in [2.24, 2.45) is 0 Å². The minimum atomic E-state index is -0.302. The first-order valence-corrected chi connectivity index (χ1v) is 9.77. The Labute approximate surface area is 164 Å². The summed E-state index contributed by atoms with van der Waals surface area (Å²) in [7, 11) is 1.37. The Balaban J connectivity index is 2.75. The van der Waals surface area contributed by atoms with Crippen LogP contribution in [0.4, 0.5) is 0 Å². The molecule has 0 aromatic heterocycles. The molecule has 0 aliphatic carbocycles. The van der Waals surface area contributed by atoms with E-state index < -0.39 is 0 Å². The largest absolute Gasteiger partial charge is 0.469 e. The van der Waals surface area contributed by atoms with Gasteiger partial charge in [0.2, 0.25) is 5.91 Å². The molecule has 0 unspecified atom stereocenters. The number of rotatable bonds is 11. The quantitative estimate of drug-likeness (QED) is 0.439. The smallest absolute Gasteiger partial charge is 0.307 e. The first-order chi connectivity index (χ1) is 12.9. The molecule has 0 radical (unpaired) electrons. The van der Waals surface area contributed by atoms with Gasteiger partial charge < -0.3 is 14.5 Å². The minimum Gasteiger partial charge on any atom is -0.469 e. The average Bonchev–Trinajstić information content (AvgIpc) is 2.68. The van der Waals surface area contributed by atoms with Crippen LogP contribution in [0.1, 0.15) is 51.2 Å². The van der Waals surface area contributed by atoms with Gasteiger partial charge in [0.15, 0.2) is 0 Å². The van der Waals surface area contributed by atoms with Crippen LogP contribution in [0, 0.1) is 0 Å². The molecule has 0 saturated heterocycles. The molecule has 0 saturated carbocycles. The van der Waals surface area contributed by atoms with Crippen LogP contribution in [0.5, 0.6) is 0 Å². The normalized spacial score (nSPS) is 11.4. The third kappa shape index (κ3) is 8.39. The number of benzene rings is 1. The van der Waals surface area contributed by atoms with E-state index in [2.05, 4.69) is 44.7 Å². The molecular formula is C22H34N2O3. The van der Waals surface area contributed by atoms with Crippen molar-refractivity contribution >= 4 is 18.0 Å². The zero-order chi connectivity index (χ0) is 20.2. The van der Waals surface area contributed by atoms with Crippen LogP contribution < -0.4 is 0 Å². The lowest BCUT2D eigenvalue weighted by atomic mass is 10.0. The van der Waals surface area contributed by atoms with Crippen molar-refractivity contribution in [3.05, 3.63) is 41.5 Å². The second-order valence-corrected chi connectivity index (χ2v) is 6.83. The number of hydrogen-bond donors (Lipinski definition) is 0. The van der Waals surface area contributed by atoms with Crippen molar-refractivity contribution in [3.8, 4) is 0 Å². The van der Waals surface area contributed by atoms with E-state index in [9.17, 15) is 9.59 Å². The summed E-state index contributed by atoms with van der Waals surface area (Å²) in [6.45, 7) is 12.1. The molecular weight excluding hydrogens is 340 g/mol. The van der Waals surface area contributed by atoms with Crippen molar-refractivity contribution in [2.45, 2.75) is 40.0 Å². The maximum Gasteiger partial charge on any atom is 0.307 e. The zero-order valence-electron chi connectivity index (χ0n) is 17.4. The number of carbonyl (C=O) groups excluding carboxylic acids is 2. The molecule has 0 heterocycles. The number of carbonyl (C=O) groups is 2. The Morgan fingerprint density at radius 3 is 2.19 bits per heavy atom. The Hall–Kier alpha value is -2.14. The van der Waals surface area contributed by atoms with Crippen molar-refractivity contribution in [1.29, 1.82) is 0 Å². The van der Waals surface area contributed by atoms with E-state index >= 15 is 0 Å². The molecule has 0 spiro atoms. The Kier molecular flexibility index (Phi) is 10.4. The molecule has 5 nitrogen and oxygen atoms in total. The van der Waals surface area contributed by atoms with E-state index in [-0.39, 0.29) is 18.3 Å². The number of nitrogens with zero attached hydrogens (tertiary/aromatic N) is 2. The van der Waals surface area contributed by atoms with Gasteiger partial charge in [-0.05, 0) is 36.2 Å². The van der Waals surface area contributed by atoms with Gasteiger partial charge in [0.1, 0.15) is 0 Å². The van der Waals surface area contributed by atoms with Crippen LogP contribution >= 0.6 is 0 Å². The third-order valence-electron chi connectivity index (χ3n) is 4.73. The summed E-state index contributed by atoms with van der Waals surface area (Å²) in [6, 6.07) is 8.22. The van der Waals surface area contributed by atoms with Crippen LogP contribution in [-0.4, -0.2) is 61.5 Å². The van der Waals surface area contributed by atoms with Gasteiger partial charge in [0.05, 0.1) is 13.5 Å². The van der Waals surface area contributed by atoms with Gasteiger partial charge in [-0.2, -0.15) is 0 Å². The van der Waals surface area contributed by atoms with E-state index in [0.717, 1.165) is 25.2 Å². The molecule has 5 heteroatoms. The fourth-order valence-electron chi connectivity index (χ4n) is 2.73. The second kappa shape index (κ2) is 12.3. The van der Waals surface area contributed by atoms with E-state index in [0.29, 0.717) is 19.0 Å². The fourth-order valence-corrected chi connectivity index (χ4v) is 2.73. The van der Waals surface area contributed by atoms with Crippen LogP contribution in [-0.2, 0) is 14.3 Å². The number of esters is 1. The third-order valence-corrected chi connectivity index (χ3v) is 4.73. The number of amides is 1. The number of methoxy groups -OCH3 is 1. The highest BCUT2D eigenvalue weighted by molar-refractivity contribution is 5.92. The maximum absolute atomic E-state index is 12.7. The van der Waals surface area contributed by atoms with Crippen molar-refractivity contribution in [1.82, 2.24) is 9.80 Å². The number of hydrogen-bond acceptors (Lipinski definition) is 4.